The summed E-state index contributed by atoms with van der Waals surface area (Å²) in [5, 5.41) is 3.89. The SMILES string of the molecule is Cc1cc(Br)ccc1NC(=O)c1ccc2ncccc2c1. The highest BCUT2D eigenvalue weighted by Gasteiger charge is 2.08. The molecule has 21 heavy (non-hydrogen) atoms. The van der Waals surface area contributed by atoms with Crippen LogP contribution in [0.5, 0.6) is 0 Å². The van der Waals surface area contributed by atoms with Crippen LogP contribution in [0, 0.1) is 6.92 Å². The second kappa shape index (κ2) is 5.66. The summed E-state index contributed by atoms with van der Waals surface area (Å²) in [5.74, 6) is -0.119. The number of aryl methyl sites for hydroxylation is 1. The highest BCUT2D eigenvalue weighted by atomic mass is 79.9. The number of nitrogens with one attached hydrogen (secondary N) is 1. The van der Waals surface area contributed by atoms with Gasteiger partial charge in [0.1, 0.15) is 0 Å². The van der Waals surface area contributed by atoms with E-state index in [-0.39, 0.29) is 5.91 Å². The average Bonchev–Trinajstić information content (AvgIpc) is 2.49. The highest BCUT2D eigenvalue weighted by molar-refractivity contribution is 9.10. The molecule has 0 fully saturated rings. The van der Waals surface area contributed by atoms with E-state index in [2.05, 4.69) is 26.2 Å². The molecular formula is C17H13BrN2O. The lowest BCUT2D eigenvalue weighted by Gasteiger charge is -2.09. The van der Waals surface area contributed by atoms with Crippen LogP contribution < -0.4 is 5.32 Å². The van der Waals surface area contributed by atoms with Crippen LogP contribution in [0.25, 0.3) is 10.9 Å². The van der Waals surface area contributed by atoms with Crippen LogP contribution in [0.4, 0.5) is 5.69 Å². The second-order valence-electron chi connectivity index (χ2n) is 4.82. The number of benzene rings is 2. The molecule has 0 aliphatic heterocycles. The van der Waals surface area contributed by atoms with Gasteiger partial charge in [0, 0.05) is 27.3 Å². The molecule has 0 aliphatic rings. The summed E-state index contributed by atoms with van der Waals surface area (Å²) in [7, 11) is 0. The number of amides is 1. The fourth-order valence-corrected chi connectivity index (χ4v) is 2.65. The lowest BCUT2D eigenvalue weighted by Crippen LogP contribution is -2.12. The van der Waals surface area contributed by atoms with E-state index in [1.165, 1.54) is 0 Å². The fraction of sp³-hybridized carbons (Fsp3) is 0.0588. The number of hydrogen-bond acceptors (Lipinski definition) is 2. The molecule has 0 saturated heterocycles. The van der Waals surface area contributed by atoms with Gasteiger partial charge in [-0.15, -0.1) is 0 Å². The first-order valence-electron chi connectivity index (χ1n) is 6.56. The molecule has 3 aromatic rings. The average molecular weight is 341 g/mol. The molecular weight excluding hydrogens is 328 g/mol. The van der Waals surface area contributed by atoms with Crippen molar-refractivity contribution in [1.82, 2.24) is 4.98 Å². The summed E-state index contributed by atoms with van der Waals surface area (Å²) >= 11 is 3.41. The minimum Gasteiger partial charge on any atom is -0.322 e. The van der Waals surface area contributed by atoms with Gasteiger partial charge in [-0.25, -0.2) is 0 Å². The molecule has 1 aromatic heterocycles. The van der Waals surface area contributed by atoms with Crippen molar-refractivity contribution >= 4 is 38.4 Å². The molecule has 1 N–H and O–H groups in total. The molecule has 0 saturated carbocycles. The van der Waals surface area contributed by atoms with Gasteiger partial charge in [0.15, 0.2) is 0 Å². The lowest BCUT2D eigenvalue weighted by molar-refractivity contribution is 0.102. The zero-order chi connectivity index (χ0) is 14.8. The van der Waals surface area contributed by atoms with Crippen molar-refractivity contribution < 1.29 is 4.79 Å². The third-order valence-corrected chi connectivity index (χ3v) is 3.80. The van der Waals surface area contributed by atoms with Crippen molar-refractivity contribution in [3.63, 3.8) is 0 Å². The van der Waals surface area contributed by atoms with Gasteiger partial charge in [-0.3, -0.25) is 9.78 Å². The predicted octanol–water partition coefficient (Wildman–Crippen LogP) is 4.56. The molecule has 0 unspecified atom stereocenters. The van der Waals surface area contributed by atoms with Gasteiger partial charge in [-0.1, -0.05) is 22.0 Å². The van der Waals surface area contributed by atoms with E-state index >= 15 is 0 Å². The van der Waals surface area contributed by atoms with E-state index in [9.17, 15) is 4.79 Å². The van der Waals surface area contributed by atoms with Gasteiger partial charge in [-0.2, -0.15) is 0 Å². The van der Waals surface area contributed by atoms with Crippen molar-refractivity contribution in [2.75, 3.05) is 5.32 Å². The van der Waals surface area contributed by atoms with Crippen LogP contribution in [0.1, 0.15) is 15.9 Å². The van der Waals surface area contributed by atoms with E-state index in [0.717, 1.165) is 26.6 Å². The van der Waals surface area contributed by atoms with Crippen molar-refractivity contribution in [2.24, 2.45) is 0 Å². The zero-order valence-electron chi connectivity index (χ0n) is 11.4. The minimum atomic E-state index is -0.119. The highest BCUT2D eigenvalue weighted by Crippen LogP contribution is 2.21. The summed E-state index contributed by atoms with van der Waals surface area (Å²) in [4.78, 5) is 16.6. The van der Waals surface area contributed by atoms with Crippen LogP contribution in [-0.4, -0.2) is 10.9 Å². The Morgan fingerprint density at radius 3 is 2.81 bits per heavy atom. The number of hydrogen-bond donors (Lipinski definition) is 1. The quantitative estimate of drug-likeness (QED) is 0.743. The Balaban J connectivity index is 1.89. The first kappa shape index (κ1) is 13.8. The number of rotatable bonds is 2. The maximum absolute atomic E-state index is 12.4. The maximum atomic E-state index is 12.4. The molecule has 2 aromatic carbocycles. The number of carbonyl (C=O) groups is 1. The van der Waals surface area contributed by atoms with Crippen molar-refractivity contribution in [3.05, 3.63) is 70.3 Å². The molecule has 0 atom stereocenters. The third-order valence-electron chi connectivity index (χ3n) is 3.30. The Bertz CT molecular complexity index is 830. The number of anilines is 1. The molecule has 1 amide bonds. The summed E-state index contributed by atoms with van der Waals surface area (Å²) in [6.07, 6.45) is 1.74. The Hall–Kier alpha value is -2.20. The van der Waals surface area contributed by atoms with E-state index in [1.54, 1.807) is 12.3 Å². The molecule has 0 aliphatic carbocycles. The van der Waals surface area contributed by atoms with Crippen molar-refractivity contribution in [2.45, 2.75) is 6.92 Å². The Morgan fingerprint density at radius 1 is 1.14 bits per heavy atom. The van der Waals surface area contributed by atoms with Crippen LogP contribution in [0.3, 0.4) is 0 Å². The monoisotopic (exact) mass is 340 g/mol. The number of aromatic nitrogens is 1. The van der Waals surface area contributed by atoms with Crippen molar-refractivity contribution in [1.29, 1.82) is 0 Å². The largest absolute Gasteiger partial charge is 0.322 e. The molecule has 104 valence electrons. The summed E-state index contributed by atoms with van der Waals surface area (Å²) in [6, 6.07) is 15.1. The van der Waals surface area contributed by atoms with Gasteiger partial charge in [0.2, 0.25) is 0 Å². The lowest BCUT2D eigenvalue weighted by atomic mass is 10.1. The minimum absolute atomic E-state index is 0.119. The molecule has 3 rings (SSSR count). The normalized spacial score (nSPS) is 10.6. The topological polar surface area (TPSA) is 42.0 Å². The summed E-state index contributed by atoms with van der Waals surface area (Å²) in [6.45, 7) is 1.96. The van der Waals surface area contributed by atoms with Crippen molar-refractivity contribution in [3.8, 4) is 0 Å². The van der Waals surface area contributed by atoms with E-state index in [0.29, 0.717) is 5.56 Å². The van der Waals surface area contributed by atoms with Crippen LogP contribution >= 0.6 is 15.9 Å². The third kappa shape index (κ3) is 2.95. The maximum Gasteiger partial charge on any atom is 0.255 e. The second-order valence-corrected chi connectivity index (χ2v) is 5.74. The smallest absolute Gasteiger partial charge is 0.255 e. The number of fused-ring (bicyclic) bond motifs is 1. The Labute approximate surface area is 131 Å². The van der Waals surface area contributed by atoms with E-state index in [4.69, 9.17) is 0 Å². The summed E-state index contributed by atoms with van der Waals surface area (Å²) in [5.41, 5.74) is 3.33. The first-order valence-corrected chi connectivity index (χ1v) is 7.35. The molecule has 1 heterocycles. The molecule has 3 nitrogen and oxygen atoms in total. The predicted molar refractivity (Wildman–Crippen MR) is 88.6 cm³/mol. The van der Waals surface area contributed by atoms with Gasteiger partial charge in [-0.05, 0) is 55.0 Å². The van der Waals surface area contributed by atoms with Crippen LogP contribution in [0.15, 0.2) is 59.2 Å². The van der Waals surface area contributed by atoms with E-state index < -0.39 is 0 Å². The van der Waals surface area contributed by atoms with Crippen LogP contribution in [-0.2, 0) is 0 Å². The number of halogens is 1. The molecule has 0 bridgehead atoms. The van der Waals surface area contributed by atoms with Gasteiger partial charge in [0.25, 0.3) is 5.91 Å². The molecule has 4 heteroatoms. The van der Waals surface area contributed by atoms with Gasteiger partial charge < -0.3 is 5.32 Å². The number of pyridine rings is 1. The summed E-state index contributed by atoms with van der Waals surface area (Å²) < 4.78 is 0.995. The Morgan fingerprint density at radius 2 is 2.00 bits per heavy atom. The van der Waals surface area contributed by atoms with Crippen LogP contribution in [0.2, 0.25) is 0 Å². The zero-order valence-corrected chi connectivity index (χ0v) is 13.0. The van der Waals surface area contributed by atoms with Gasteiger partial charge in [0.05, 0.1) is 5.52 Å². The van der Waals surface area contributed by atoms with Gasteiger partial charge >= 0.3 is 0 Å². The standard InChI is InChI=1S/C17H13BrN2O/c1-11-9-14(18)5-7-15(11)20-17(21)13-4-6-16-12(10-13)3-2-8-19-16/h2-10H,1H3,(H,20,21). The molecule has 0 radical (unpaired) electrons. The first-order chi connectivity index (χ1) is 10.1. The Kier molecular flexibility index (Phi) is 3.71. The number of carbonyl (C=O) groups excluding carboxylic acids is 1. The number of nitrogens with zero attached hydrogens (tertiary/aromatic N) is 1. The fourth-order valence-electron chi connectivity index (χ4n) is 2.18. The van der Waals surface area contributed by atoms with E-state index in [1.807, 2.05) is 49.4 Å². The molecule has 0 spiro atoms.